The number of anilines is 1. The predicted octanol–water partition coefficient (Wildman–Crippen LogP) is 2.81. The Kier molecular flexibility index (Phi) is 9.38. The Balaban J connectivity index is 1.49. The van der Waals surface area contributed by atoms with E-state index in [1.54, 1.807) is 67.1 Å². The molecule has 2 N–H and O–H groups in total. The molecule has 2 atom stereocenters. The van der Waals surface area contributed by atoms with Gasteiger partial charge in [-0.1, -0.05) is 24.2 Å². The molecule has 0 spiro atoms. The highest BCUT2D eigenvalue weighted by Crippen LogP contribution is 2.36. The van der Waals surface area contributed by atoms with Gasteiger partial charge in [0.05, 0.1) is 5.56 Å². The van der Waals surface area contributed by atoms with E-state index in [0.29, 0.717) is 11.1 Å². The summed E-state index contributed by atoms with van der Waals surface area (Å²) >= 11 is 2.66. The molecule has 4 rings (SSSR count). The van der Waals surface area contributed by atoms with Crippen LogP contribution >= 0.6 is 23.1 Å². The molecular formula is C26H30BN5O7S2. The number of hydrogen-bond donors (Lipinski definition) is 2. The van der Waals surface area contributed by atoms with Gasteiger partial charge in [0.2, 0.25) is 0 Å². The van der Waals surface area contributed by atoms with Crippen LogP contribution in [-0.4, -0.2) is 70.3 Å². The number of thiazole rings is 1. The van der Waals surface area contributed by atoms with E-state index in [0.717, 1.165) is 29.1 Å². The van der Waals surface area contributed by atoms with Crippen LogP contribution in [0, 0.1) is 0 Å². The summed E-state index contributed by atoms with van der Waals surface area (Å²) < 4.78 is 9.96. The maximum absolute atomic E-state index is 13.4. The van der Waals surface area contributed by atoms with Crippen molar-refractivity contribution in [1.82, 2.24) is 15.2 Å². The first kappa shape index (κ1) is 30.1. The summed E-state index contributed by atoms with van der Waals surface area (Å²) in [6, 6.07) is 5.80. The smallest absolute Gasteiger partial charge is 0.413 e. The minimum atomic E-state index is -0.726. The number of oxime groups is 1. The molecule has 2 aliphatic rings. The standard InChI is InChI=1S/C26H30BN5O7S2/c1-5-14-10-32-21(34)19(22(32)40-12-14)29-20(33)18(17-13-41-24(28-17)30-25(36)38-26(2,3)4)31-37-11-15-6-8-16(9-7-15)23(35)39-27/h6-10,13,19,22H,5,11-12,27H2,1-4H3,(H,29,33)(H,28,30,36)/b31-18-/t19-,22-/m1/s1. The molecule has 1 aromatic carbocycles. The van der Waals surface area contributed by atoms with Crippen molar-refractivity contribution in [1.29, 1.82) is 0 Å². The number of nitrogens with one attached hydrogen (secondary N) is 2. The largest absolute Gasteiger partial charge is 0.540 e. The van der Waals surface area contributed by atoms with Crippen LogP contribution in [0.2, 0.25) is 0 Å². The van der Waals surface area contributed by atoms with Gasteiger partial charge in [-0.15, -0.1) is 23.1 Å². The van der Waals surface area contributed by atoms with E-state index < -0.39 is 29.6 Å². The number of ether oxygens (including phenoxy) is 1. The highest BCUT2D eigenvalue weighted by molar-refractivity contribution is 8.00. The summed E-state index contributed by atoms with van der Waals surface area (Å²) in [5.41, 5.74) is 1.51. The van der Waals surface area contributed by atoms with E-state index >= 15 is 0 Å². The second-order valence-electron chi connectivity index (χ2n) is 10.1. The molecule has 0 aliphatic carbocycles. The molecular weight excluding hydrogens is 569 g/mol. The van der Waals surface area contributed by atoms with E-state index in [1.807, 2.05) is 13.1 Å². The van der Waals surface area contributed by atoms with Gasteiger partial charge in [0.15, 0.2) is 10.8 Å². The summed E-state index contributed by atoms with van der Waals surface area (Å²) in [6.07, 6.45) is 2.01. The Bertz CT molecular complexity index is 1390. The quantitative estimate of drug-likeness (QED) is 0.192. The molecule has 41 heavy (non-hydrogen) atoms. The number of nitrogens with zero attached hydrogens (tertiary/aromatic N) is 3. The van der Waals surface area contributed by atoms with Gasteiger partial charge in [0.1, 0.15) is 29.3 Å². The fourth-order valence-electron chi connectivity index (χ4n) is 3.82. The van der Waals surface area contributed by atoms with Crippen molar-refractivity contribution in [3.63, 3.8) is 0 Å². The zero-order valence-corrected chi connectivity index (χ0v) is 24.9. The molecule has 2 aromatic rings. The van der Waals surface area contributed by atoms with Gasteiger partial charge in [0.25, 0.3) is 11.8 Å². The first-order chi connectivity index (χ1) is 19.5. The van der Waals surface area contributed by atoms with Crippen LogP contribution in [0.4, 0.5) is 9.93 Å². The van der Waals surface area contributed by atoms with Gasteiger partial charge < -0.3 is 24.4 Å². The maximum Gasteiger partial charge on any atom is 0.413 e. The Morgan fingerprint density at radius 3 is 2.61 bits per heavy atom. The number of aromatic nitrogens is 1. The first-order valence-electron chi connectivity index (χ1n) is 12.8. The topological polar surface area (TPSA) is 149 Å². The lowest BCUT2D eigenvalue weighted by Gasteiger charge is -2.47. The molecule has 2 aliphatic heterocycles. The monoisotopic (exact) mass is 599 g/mol. The van der Waals surface area contributed by atoms with Crippen molar-refractivity contribution in [2.45, 2.75) is 57.7 Å². The molecule has 0 bridgehead atoms. The van der Waals surface area contributed by atoms with Gasteiger partial charge in [-0.25, -0.2) is 14.6 Å². The summed E-state index contributed by atoms with van der Waals surface area (Å²) in [4.78, 5) is 61.4. The maximum atomic E-state index is 13.4. The molecule has 3 amide bonds. The van der Waals surface area contributed by atoms with Gasteiger partial charge in [-0.05, 0) is 50.5 Å². The third-order valence-corrected chi connectivity index (χ3v) is 8.05. The van der Waals surface area contributed by atoms with Gasteiger partial charge >= 0.3 is 20.1 Å². The van der Waals surface area contributed by atoms with Crippen molar-refractivity contribution < 1.29 is 33.4 Å². The third-order valence-electron chi connectivity index (χ3n) is 5.91. The number of carbonyl (C=O) groups is 4. The highest BCUT2D eigenvalue weighted by atomic mass is 32.2. The van der Waals surface area contributed by atoms with Crippen LogP contribution in [-0.2, 0) is 30.4 Å². The number of amides is 3. The van der Waals surface area contributed by atoms with E-state index in [9.17, 15) is 19.2 Å². The normalized spacial score (nSPS) is 18.4. The number of rotatable bonds is 9. The first-order valence-corrected chi connectivity index (χ1v) is 14.7. The van der Waals surface area contributed by atoms with E-state index in [4.69, 9.17) is 14.2 Å². The Hall–Kier alpha value is -3.85. The summed E-state index contributed by atoms with van der Waals surface area (Å²) in [5.74, 6) is -0.542. The van der Waals surface area contributed by atoms with Crippen molar-refractivity contribution >= 4 is 65.9 Å². The van der Waals surface area contributed by atoms with E-state index in [2.05, 4.69) is 20.8 Å². The van der Waals surface area contributed by atoms with E-state index in [-0.39, 0.29) is 34.4 Å². The van der Waals surface area contributed by atoms with Crippen LogP contribution in [0.15, 0.2) is 46.6 Å². The molecule has 0 unspecified atom stereocenters. The lowest BCUT2D eigenvalue weighted by atomic mass is 10.1. The Labute approximate surface area is 246 Å². The van der Waals surface area contributed by atoms with Crippen LogP contribution in [0.1, 0.15) is 55.7 Å². The fourth-order valence-corrected chi connectivity index (χ4v) is 5.87. The van der Waals surface area contributed by atoms with Crippen molar-refractivity contribution in [2.75, 3.05) is 11.1 Å². The number of thioether (sulfide) groups is 1. The molecule has 1 aromatic heterocycles. The minimum absolute atomic E-state index is 0.00934. The average Bonchev–Trinajstić information content (AvgIpc) is 3.39. The zero-order valence-electron chi connectivity index (χ0n) is 23.3. The van der Waals surface area contributed by atoms with Gasteiger partial charge in [-0.3, -0.25) is 14.9 Å². The summed E-state index contributed by atoms with van der Waals surface area (Å²) in [7, 11) is 1.30. The number of carbonyl (C=O) groups excluding carboxylic acids is 4. The van der Waals surface area contributed by atoms with Crippen LogP contribution in [0.5, 0.6) is 0 Å². The van der Waals surface area contributed by atoms with Crippen molar-refractivity contribution in [2.24, 2.45) is 5.16 Å². The molecule has 1 fully saturated rings. The number of β-lactam (4-membered cyclic amide) rings is 1. The summed E-state index contributed by atoms with van der Waals surface area (Å²) in [5, 5.41) is 10.9. The van der Waals surface area contributed by atoms with Gasteiger partial charge in [0, 0.05) is 17.3 Å². The lowest BCUT2D eigenvalue weighted by Crippen LogP contribution is -2.69. The molecule has 216 valence electrons. The molecule has 1 saturated heterocycles. The summed E-state index contributed by atoms with van der Waals surface area (Å²) in [6.45, 7) is 7.24. The Morgan fingerprint density at radius 2 is 1.95 bits per heavy atom. The molecule has 0 radical (unpaired) electrons. The second-order valence-corrected chi connectivity index (χ2v) is 12.1. The SMILES string of the molecule is BOC(=O)c1ccc(CO/N=C(\C(=O)N[C@@H]2C(=O)N3C=C(CC)CS[C@H]23)c2csc(NC(=O)OC(C)(C)C)n2)cc1. The van der Waals surface area contributed by atoms with Crippen molar-refractivity contribution in [3.05, 3.63) is 58.2 Å². The molecule has 15 heteroatoms. The minimum Gasteiger partial charge on any atom is -0.540 e. The molecule has 3 heterocycles. The molecule has 12 nitrogen and oxygen atoms in total. The van der Waals surface area contributed by atoms with Crippen molar-refractivity contribution in [3.8, 4) is 0 Å². The predicted molar refractivity (Wildman–Crippen MR) is 157 cm³/mol. The van der Waals surface area contributed by atoms with Crippen LogP contribution < -0.4 is 10.6 Å². The fraction of sp³-hybridized carbons (Fsp3) is 0.385. The Morgan fingerprint density at radius 1 is 1.22 bits per heavy atom. The van der Waals surface area contributed by atoms with E-state index in [1.165, 1.54) is 8.05 Å². The number of fused-ring (bicyclic) bond motifs is 1. The highest BCUT2D eigenvalue weighted by Gasteiger charge is 2.49. The van der Waals surface area contributed by atoms with Crippen LogP contribution in [0.25, 0.3) is 0 Å². The second kappa shape index (κ2) is 12.8. The number of hydrogen-bond acceptors (Lipinski definition) is 11. The number of benzene rings is 1. The van der Waals surface area contributed by atoms with Gasteiger partial charge in [-0.2, -0.15) is 0 Å². The third kappa shape index (κ3) is 7.47. The lowest BCUT2D eigenvalue weighted by molar-refractivity contribution is -0.143. The average molecular weight is 600 g/mol. The van der Waals surface area contributed by atoms with Crippen LogP contribution in [0.3, 0.4) is 0 Å². The zero-order chi connectivity index (χ0) is 29.7. The molecule has 0 saturated carbocycles.